The number of amides is 1. The Morgan fingerprint density at radius 1 is 1.36 bits per heavy atom. The fourth-order valence-electron chi connectivity index (χ4n) is 3.01. The topological polar surface area (TPSA) is 78.7 Å². The Morgan fingerprint density at radius 3 is 3.00 bits per heavy atom. The zero-order valence-electron chi connectivity index (χ0n) is 13.9. The van der Waals surface area contributed by atoms with E-state index in [1.807, 2.05) is 18.2 Å². The van der Waals surface area contributed by atoms with Gasteiger partial charge in [-0.25, -0.2) is 0 Å². The minimum atomic E-state index is 0.0290. The second-order valence-corrected chi connectivity index (χ2v) is 8.41. The zero-order valence-corrected chi connectivity index (χ0v) is 15.5. The summed E-state index contributed by atoms with van der Waals surface area (Å²) >= 11 is 2.95. The number of anilines is 1. The standard InChI is InChI=1S/C18H20N4OS2/c19-11-14-6-3-7-15(10-14)12-24-18-22-21-17(25-18)20-16(23)9-8-13-4-1-2-5-13/h3,6-7,10,13H,1-2,4-5,8-9,12H2,(H,20,21,23). The van der Waals surface area contributed by atoms with Crippen molar-refractivity contribution in [2.24, 2.45) is 5.92 Å². The van der Waals surface area contributed by atoms with Gasteiger partial charge in [-0.1, -0.05) is 60.9 Å². The maximum atomic E-state index is 12.0. The summed E-state index contributed by atoms with van der Waals surface area (Å²) in [6.45, 7) is 0. The summed E-state index contributed by atoms with van der Waals surface area (Å²) in [4.78, 5) is 12.0. The van der Waals surface area contributed by atoms with Gasteiger partial charge in [-0.2, -0.15) is 5.26 Å². The molecule has 1 aromatic carbocycles. The number of hydrogen-bond donors (Lipinski definition) is 1. The number of thioether (sulfide) groups is 1. The maximum Gasteiger partial charge on any atom is 0.226 e. The fourth-order valence-corrected chi connectivity index (χ4v) is 4.72. The fraction of sp³-hybridized carbons (Fsp3) is 0.444. The molecule has 1 aliphatic carbocycles. The molecule has 2 aromatic rings. The highest BCUT2D eigenvalue weighted by Crippen LogP contribution is 2.30. The third kappa shape index (κ3) is 5.55. The van der Waals surface area contributed by atoms with Crippen LogP contribution in [-0.2, 0) is 10.5 Å². The SMILES string of the molecule is N#Cc1cccc(CSc2nnc(NC(=O)CCC3CCCC3)s2)c1. The quantitative estimate of drug-likeness (QED) is 0.567. The van der Waals surface area contributed by atoms with Crippen molar-refractivity contribution in [1.29, 1.82) is 5.26 Å². The van der Waals surface area contributed by atoms with Crippen LogP contribution in [0.3, 0.4) is 0 Å². The lowest BCUT2D eigenvalue weighted by Gasteiger charge is -2.07. The number of carbonyl (C=O) groups is 1. The van der Waals surface area contributed by atoms with Crippen LogP contribution in [0.25, 0.3) is 0 Å². The number of benzene rings is 1. The molecule has 130 valence electrons. The molecule has 1 fully saturated rings. The largest absolute Gasteiger partial charge is 0.301 e. The van der Waals surface area contributed by atoms with E-state index in [0.717, 1.165) is 28.0 Å². The van der Waals surface area contributed by atoms with Crippen LogP contribution in [0.4, 0.5) is 5.13 Å². The van der Waals surface area contributed by atoms with Gasteiger partial charge in [0.15, 0.2) is 4.34 Å². The number of hydrogen-bond acceptors (Lipinski definition) is 6. The van der Waals surface area contributed by atoms with Gasteiger partial charge in [0.1, 0.15) is 0 Å². The van der Waals surface area contributed by atoms with Crippen LogP contribution >= 0.6 is 23.1 Å². The third-order valence-corrected chi connectivity index (χ3v) is 6.37. The molecule has 0 unspecified atom stereocenters. The summed E-state index contributed by atoms with van der Waals surface area (Å²) < 4.78 is 0.813. The van der Waals surface area contributed by atoms with Gasteiger partial charge in [0.2, 0.25) is 11.0 Å². The van der Waals surface area contributed by atoms with Crippen molar-refractivity contribution >= 4 is 34.1 Å². The number of aromatic nitrogens is 2. The summed E-state index contributed by atoms with van der Waals surface area (Å²) in [6, 6.07) is 9.67. The van der Waals surface area contributed by atoms with E-state index in [0.29, 0.717) is 17.1 Å². The molecule has 25 heavy (non-hydrogen) atoms. The average molecular weight is 373 g/mol. The molecule has 0 spiro atoms. The van der Waals surface area contributed by atoms with Gasteiger partial charge in [-0.05, 0) is 30.0 Å². The molecule has 1 aromatic heterocycles. The first-order chi connectivity index (χ1) is 12.2. The molecule has 0 atom stereocenters. The minimum Gasteiger partial charge on any atom is -0.301 e. The van der Waals surface area contributed by atoms with Gasteiger partial charge in [0, 0.05) is 12.2 Å². The van der Waals surface area contributed by atoms with Crippen LogP contribution in [0.1, 0.15) is 49.7 Å². The van der Waals surface area contributed by atoms with Crippen LogP contribution in [0.15, 0.2) is 28.6 Å². The molecule has 0 aliphatic heterocycles. The van der Waals surface area contributed by atoms with Crippen LogP contribution in [-0.4, -0.2) is 16.1 Å². The van der Waals surface area contributed by atoms with E-state index in [1.54, 1.807) is 17.8 Å². The van der Waals surface area contributed by atoms with Crippen molar-refractivity contribution in [3.8, 4) is 6.07 Å². The Balaban J connectivity index is 1.45. The Kier molecular flexibility index (Phi) is 6.42. The lowest BCUT2D eigenvalue weighted by Crippen LogP contribution is -2.12. The maximum absolute atomic E-state index is 12.0. The van der Waals surface area contributed by atoms with E-state index < -0.39 is 0 Å². The number of carbonyl (C=O) groups excluding carboxylic acids is 1. The molecule has 0 bridgehead atoms. The van der Waals surface area contributed by atoms with E-state index in [2.05, 4.69) is 21.6 Å². The molecule has 1 saturated carbocycles. The van der Waals surface area contributed by atoms with E-state index in [9.17, 15) is 4.79 Å². The van der Waals surface area contributed by atoms with Crippen LogP contribution < -0.4 is 5.32 Å². The molecule has 0 saturated heterocycles. The van der Waals surface area contributed by atoms with E-state index >= 15 is 0 Å². The van der Waals surface area contributed by atoms with Crippen molar-refractivity contribution in [2.75, 3.05) is 5.32 Å². The highest BCUT2D eigenvalue weighted by Gasteiger charge is 2.17. The first-order valence-corrected chi connectivity index (χ1v) is 10.3. The van der Waals surface area contributed by atoms with Crippen molar-refractivity contribution in [1.82, 2.24) is 10.2 Å². The van der Waals surface area contributed by atoms with Crippen LogP contribution in [0.5, 0.6) is 0 Å². The van der Waals surface area contributed by atoms with E-state index in [4.69, 9.17) is 5.26 Å². The minimum absolute atomic E-state index is 0.0290. The summed E-state index contributed by atoms with van der Waals surface area (Å²) in [5, 5.41) is 20.5. The number of nitrogens with zero attached hydrogens (tertiary/aromatic N) is 3. The Hall–Kier alpha value is -1.91. The normalized spacial score (nSPS) is 14.4. The summed E-state index contributed by atoms with van der Waals surface area (Å²) in [5.41, 5.74) is 1.73. The molecule has 1 aliphatic rings. The zero-order chi connectivity index (χ0) is 17.5. The molecule has 3 rings (SSSR count). The van der Waals surface area contributed by atoms with E-state index in [1.165, 1.54) is 37.0 Å². The van der Waals surface area contributed by atoms with Crippen molar-refractivity contribution in [2.45, 2.75) is 48.6 Å². The second-order valence-electron chi connectivity index (χ2n) is 6.21. The summed E-state index contributed by atoms with van der Waals surface area (Å²) in [7, 11) is 0. The Bertz CT molecular complexity index is 762. The summed E-state index contributed by atoms with van der Waals surface area (Å²) in [5.74, 6) is 1.47. The smallest absolute Gasteiger partial charge is 0.226 e. The predicted molar refractivity (Wildman–Crippen MR) is 100 cm³/mol. The molecule has 0 radical (unpaired) electrons. The van der Waals surface area contributed by atoms with Crippen molar-refractivity contribution in [3.05, 3.63) is 35.4 Å². The summed E-state index contributed by atoms with van der Waals surface area (Å²) in [6.07, 6.45) is 6.68. The second kappa shape index (κ2) is 8.97. The molecule has 7 heteroatoms. The lowest BCUT2D eigenvalue weighted by atomic mass is 10.0. The van der Waals surface area contributed by atoms with Crippen LogP contribution in [0, 0.1) is 17.2 Å². The molecule has 1 heterocycles. The van der Waals surface area contributed by atoms with Gasteiger partial charge in [0.25, 0.3) is 0 Å². The Morgan fingerprint density at radius 2 is 2.20 bits per heavy atom. The molecular formula is C18H20N4OS2. The van der Waals surface area contributed by atoms with Gasteiger partial charge < -0.3 is 5.32 Å². The number of nitriles is 1. The molecular weight excluding hydrogens is 352 g/mol. The van der Waals surface area contributed by atoms with Crippen molar-refractivity contribution in [3.63, 3.8) is 0 Å². The highest BCUT2D eigenvalue weighted by atomic mass is 32.2. The third-order valence-electron chi connectivity index (χ3n) is 4.33. The highest BCUT2D eigenvalue weighted by molar-refractivity contribution is 8.00. The number of nitrogens with one attached hydrogen (secondary N) is 1. The molecule has 1 N–H and O–H groups in total. The predicted octanol–water partition coefficient (Wildman–Crippen LogP) is 4.61. The first kappa shape index (κ1) is 17.9. The van der Waals surface area contributed by atoms with Gasteiger partial charge in [0.05, 0.1) is 11.6 Å². The average Bonchev–Trinajstić information content (AvgIpc) is 3.30. The monoisotopic (exact) mass is 372 g/mol. The van der Waals surface area contributed by atoms with E-state index in [-0.39, 0.29) is 5.91 Å². The van der Waals surface area contributed by atoms with Gasteiger partial charge >= 0.3 is 0 Å². The lowest BCUT2D eigenvalue weighted by molar-refractivity contribution is -0.116. The van der Waals surface area contributed by atoms with Crippen molar-refractivity contribution < 1.29 is 4.79 Å². The molecule has 1 amide bonds. The number of rotatable bonds is 7. The Labute approximate surface area is 155 Å². The van der Waals surface area contributed by atoms with Gasteiger partial charge in [-0.3, -0.25) is 4.79 Å². The molecule has 5 nitrogen and oxygen atoms in total. The van der Waals surface area contributed by atoms with Gasteiger partial charge in [-0.15, -0.1) is 10.2 Å². The van der Waals surface area contributed by atoms with Crippen LogP contribution in [0.2, 0.25) is 0 Å². The first-order valence-electron chi connectivity index (χ1n) is 8.48.